The average molecular weight is 465 g/mol. The number of carbonyl (C=O) groups excluding carboxylic acids is 2. The zero-order valence-electron chi connectivity index (χ0n) is 19.3. The van der Waals surface area contributed by atoms with Gasteiger partial charge in [0.2, 0.25) is 5.91 Å². The molecule has 0 aliphatic carbocycles. The summed E-state index contributed by atoms with van der Waals surface area (Å²) in [5.74, 6) is 1.49. The SMILES string of the molecule is COC(=O)c1cc(N2CCOCC2)ccc1NC(=O)CCc1ccc(-c2ccc(OC)cc2)o1. The van der Waals surface area contributed by atoms with Crippen LogP contribution < -0.4 is 15.0 Å². The highest BCUT2D eigenvalue weighted by Crippen LogP contribution is 2.27. The van der Waals surface area contributed by atoms with Crippen LogP contribution in [0.1, 0.15) is 22.5 Å². The molecule has 1 fully saturated rings. The van der Waals surface area contributed by atoms with Crippen molar-refractivity contribution in [2.45, 2.75) is 12.8 Å². The van der Waals surface area contributed by atoms with Crippen molar-refractivity contribution in [2.24, 2.45) is 0 Å². The monoisotopic (exact) mass is 464 g/mol. The van der Waals surface area contributed by atoms with Crippen LogP contribution in [0.25, 0.3) is 11.3 Å². The molecule has 0 radical (unpaired) electrons. The summed E-state index contributed by atoms with van der Waals surface area (Å²) >= 11 is 0. The molecule has 0 bridgehead atoms. The van der Waals surface area contributed by atoms with Crippen molar-refractivity contribution in [1.29, 1.82) is 0 Å². The molecule has 3 aromatic rings. The van der Waals surface area contributed by atoms with Crippen LogP contribution in [-0.4, -0.2) is 52.4 Å². The predicted molar refractivity (Wildman–Crippen MR) is 128 cm³/mol. The van der Waals surface area contributed by atoms with Crippen LogP contribution in [0.15, 0.2) is 59.0 Å². The molecule has 0 saturated carbocycles. The second kappa shape index (κ2) is 10.9. The van der Waals surface area contributed by atoms with Gasteiger partial charge in [-0.3, -0.25) is 4.79 Å². The number of hydrogen-bond donors (Lipinski definition) is 1. The van der Waals surface area contributed by atoms with Crippen molar-refractivity contribution in [1.82, 2.24) is 0 Å². The number of morpholine rings is 1. The van der Waals surface area contributed by atoms with Gasteiger partial charge in [0.1, 0.15) is 17.3 Å². The number of ether oxygens (including phenoxy) is 3. The van der Waals surface area contributed by atoms with E-state index in [1.54, 1.807) is 19.2 Å². The van der Waals surface area contributed by atoms with E-state index in [1.165, 1.54) is 7.11 Å². The topological polar surface area (TPSA) is 90.2 Å². The molecule has 178 valence electrons. The standard InChI is InChI=1S/C26H28N2O6/c1-31-20-6-3-18(4-7-20)24-11-8-21(34-24)9-12-25(29)27-23-10-5-19(17-22(23)26(30)32-2)28-13-15-33-16-14-28/h3-8,10-11,17H,9,12-16H2,1-2H3,(H,27,29). The molecular weight excluding hydrogens is 436 g/mol. The second-order valence-corrected chi connectivity index (χ2v) is 7.86. The number of nitrogens with one attached hydrogen (secondary N) is 1. The van der Waals surface area contributed by atoms with Gasteiger partial charge in [-0.15, -0.1) is 0 Å². The van der Waals surface area contributed by atoms with E-state index in [1.807, 2.05) is 42.5 Å². The summed E-state index contributed by atoms with van der Waals surface area (Å²) in [7, 11) is 2.95. The largest absolute Gasteiger partial charge is 0.497 e. The third-order valence-corrected chi connectivity index (χ3v) is 5.69. The van der Waals surface area contributed by atoms with Crippen LogP contribution in [0.2, 0.25) is 0 Å². The minimum Gasteiger partial charge on any atom is -0.497 e. The first-order chi connectivity index (χ1) is 16.6. The predicted octanol–water partition coefficient (Wildman–Crippen LogP) is 4.15. The van der Waals surface area contributed by atoms with Gasteiger partial charge in [-0.05, 0) is 54.6 Å². The van der Waals surface area contributed by atoms with Crippen LogP contribution in [0.3, 0.4) is 0 Å². The summed E-state index contributed by atoms with van der Waals surface area (Å²) in [4.78, 5) is 27.1. The Kier molecular flexibility index (Phi) is 7.49. The second-order valence-electron chi connectivity index (χ2n) is 7.86. The molecule has 1 amide bonds. The summed E-state index contributed by atoms with van der Waals surface area (Å²) in [5.41, 5.74) is 2.56. The number of aryl methyl sites for hydroxylation is 1. The van der Waals surface area contributed by atoms with Gasteiger partial charge in [0.05, 0.1) is 38.7 Å². The third kappa shape index (κ3) is 5.58. The number of furan rings is 1. The summed E-state index contributed by atoms with van der Waals surface area (Å²) in [6, 6.07) is 16.7. The Morgan fingerprint density at radius 2 is 1.76 bits per heavy atom. The Bertz CT molecular complexity index is 1130. The molecule has 0 atom stereocenters. The van der Waals surface area contributed by atoms with Crippen LogP contribution in [-0.2, 0) is 20.7 Å². The molecular formula is C26H28N2O6. The van der Waals surface area contributed by atoms with Crippen molar-refractivity contribution in [2.75, 3.05) is 50.7 Å². The van der Waals surface area contributed by atoms with Gasteiger partial charge in [0, 0.05) is 37.2 Å². The summed E-state index contributed by atoms with van der Waals surface area (Å²) < 4.78 is 21.4. The molecule has 4 rings (SSSR count). The number of benzene rings is 2. The fraction of sp³-hybridized carbons (Fsp3) is 0.308. The lowest BCUT2D eigenvalue weighted by molar-refractivity contribution is -0.116. The van der Waals surface area contributed by atoms with Gasteiger partial charge < -0.3 is 28.8 Å². The van der Waals surface area contributed by atoms with E-state index in [4.69, 9.17) is 18.6 Å². The first kappa shape index (κ1) is 23.4. The number of carbonyl (C=O) groups is 2. The van der Waals surface area contributed by atoms with Gasteiger partial charge in [0.25, 0.3) is 0 Å². The quantitative estimate of drug-likeness (QED) is 0.501. The van der Waals surface area contributed by atoms with Crippen LogP contribution in [0, 0.1) is 0 Å². The van der Waals surface area contributed by atoms with Gasteiger partial charge in [-0.25, -0.2) is 4.79 Å². The molecule has 0 spiro atoms. The first-order valence-corrected chi connectivity index (χ1v) is 11.2. The minimum absolute atomic E-state index is 0.210. The fourth-order valence-corrected chi connectivity index (χ4v) is 3.81. The van der Waals surface area contributed by atoms with Crippen molar-refractivity contribution in [3.8, 4) is 17.1 Å². The van der Waals surface area contributed by atoms with Crippen LogP contribution in [0.5, 0.6) is 5.75 Å². The van der Waals surface area contributed by atoms with E-state index in [0.29, 0.717) is 36.6 Å². The Labute approximate surface area is 198 Å². The molecule has 8 nitrogen and oxygen atoms in total. The number of esters is 1. The number of anilines is 2. The smallest absolute Gasteiger partial charge is 0.340 e. The molecule has 2 heterocycles. The van der Waals surface area contributed by atoms with E-state index in [9.17, 15) is 9.59 Å². The highest BCUT2D eigenvalue weighted by molar-refractivity contribution is 6.02. The van der Waals surface area contributed by atoms with E-state index in [-0.39, 0.29) is 12.3 Å². The van der Waals surface area contributed by atoms with Crippen molar-refractivity contribution in [3.05, 3.63) is 65.9 Å². The Morgan fingerprint density at radius 3 is 2.47 bits per heavy atom. The summed E-state index contributed by atoms with van der Waals surface area (Å²) in [5, 5.41) is 2.84. The molecule has 0 unspecified atom stereocenters. The molecule has 34 heavy (non-hydrogen) atoms. The zero-order valence-corrected chi connectivity index (χ0v) is 19.3. The number of nitrogens with zero attached hydrogens (tertiary/aromatic N) is 1. The highest BCUT2D eigenvalue weighted by atomic mass is 16.5. The van der Waals surface area contributed by atoms with E-state index in [2.05, 4.69) is 10.2 Å². The first-order valence-electron chi connectivity index (χ1n) is 11.2. The number of hydrogen-bond acceptors (Lipinski definition) is 7. The van der Waals surface area contributed by atoms with Crippen molar-refractivity contribution < 1.29 is 28.2 Å². The maximum Gasteiger partial charge on any atom is 0.340 e. The Balaban J connectivity index is 1.39. The molecule has 8 heteroatoms. The lowest BCUT2D eigenvalue weighted by Crippen LogP contribution is -2.36. The van der Waals surface area contributed by atoms with Gasteiger partial charge >= 0.3 is 5.97 Å². The third-order valence-electron chi connectivity index (χ3n) is 5.69. The molecule has 1 aromatic heterocycles. The summed E-state index contributed by atoms with van der Waals surface area (Å²) in [6.45, 7) is 2.76. The maximum absolute atomic E-state index is 12.6. The van der Waals surface area contributed by atoms with Crippen LogP contribution >= 0.6 is 0 Å². The van der Waals surface area contributed by atoms with E-state index in [0.717, 1.165) is 35.9 Å². The maximum atomic E-state index is 12.6. The lowest BCUT2D eigenvalue weighted by Gasteiger charge is -2.29. The Hall–Kier alpha value is -3.78. The van der Waals surface area contributed by atoms with Crippen molar-refractivity contribution in [3.63, 3.8) is 0 Å². The number of methoxy groups -OCH3 is 2. The van der Waals surface area contributed by atoms with Gasteiger partial charge in [-0.2, -0.15) is 0 Å². The lowest BCUT2D eigenvalue weighted by atomic mass is 10.1. The van der Waals surface area contributed by atoms with Gasteiger partial charge in [0.15, 0.2) is 0 Å². The molecule has 2 aromatic carbocycles. The van der Waals surface area contributed by atoms with E-state index >= 15 is 0 Å². The molecule has 1 N–H and O–H groups in total. The number of rotatable bonds is 8. The Morgan fingerprint density at radius 1 is 1.00 bits per heavy atom. The average Bonchev–Trinajstić information content (AvgIpc) is 3.37. The van der Waals surface area contributed by atoms with Crippen molar-refractivity contribution >= 4 is 23.3 Å². The normalized spacial score (nSPS) is 13.4. The minimum atomic E-state index is -0.499. The van der Waals surface area contributed by atoms with Gasteiger partial charge in [-0.1, -0.05) is 0 Å². The highest BCUT2D eigenvalue weighted by Gasteiger charge is 2.19. The summed E-state index contributed by atoms with van der Waals surface area (Å²) in [6.07, 6.45) is 0.642. The molecule has 1 aliphatic heterocycles. The molecule has 1 saturated heterocycles. The zero-order chi connectivity index (χ0) is 23.9. The fourth-order valence-electron chi connectivity index (χ4n) is 3.81. The van der Waals surface area contributed by atoms with Crippen LogP contribution in [0.4, 0.5) is 11.4 Å². The van der Waals surface area contributed by atoms with E-state index < -0.39 is 5.97 Å². The number of amides is 1. The molecule has 1 aliphatic rings.